The number of nitriles is 1. The molecule has 0 fully saturated rings. The Hall–Kier alpha value is -4.57. The summed E-state index contributed by atoms with van der Waals surface area (Å²) in [5.41, 5.74) is 16.6. The zero-order valence-corrected chi connectivity index (χ0v) is 16.7. The molecule has 6 nitrogen and oxygen atoms in total. The summed E-state index contributed by atoms with van der Waals surface area (Å²) in [5.74, 6) is -0.0250. The molecule has 0 bridgehead atoms. The van der Waals surface area contributed by atoms with Crippen molar-refractivity contribution < 1.29 is 9.13 Å². The van der Waals surface area contributed by atoms with Crippen LogP contribution in [0.25, 0.3) is 21.8 Å². The molecule has 1 atom stereocenters. The molecule has 6 rings (SSSR count). The molecular weight excluding hydrogens is 405 g/mol. The molecule has 1 unspecified atom stereocenters. The Morgan fingerprint density at radius 3 is 2.69 bits per heavy atom. The highest BCUT2D eigenvalue weighted by Crippen LogP contribution is 2.53. The first-order valence-corrected chi connectivity index (χ1v) is 10.0. The van der Waals surface area contributed by atoms with Crippen LogP contribution in [-0.2, 0) is 0 Å². The number of fused-ring (bicyclic) bond motifs is 6. The Morgan fingerprint density at radius 2 is 1.88 bits per heavy atom. The van der Waals surface area contributed by atoms with E-state index in [0.717, 1.165) is 27.4 Å². The number of hydrogen-bond acceptors (Lipinski definition) is 5. The summed E-state index contributed by atoms with van der Waals surface area (Å²) in [4.78, 5) is 7.77. The molecule has 5 aromatic rings. The van der Waals surface area contributed by atoms with Crippen LogP contribution >= 0.6 is 0 Å². The fourth-order valence-corrected chi connectivity index (χ4v) is 4.64. The summed E-state index contributed by atoms with van der Waals surface area (Å²) in [6.45, 7) is 0. The normalized spacial score (nSPS) is 14.6. The van der Waals surface area contributed by atoms with Crippen LogP contribution in [0, 0.1) is 17.1 Å². The van der Waals surface area contributed by atoms with Gasteiger partial charge >= 0.3 is 0 Å². The zero-order valence-electron chi connectivity index (χ0n) is 16.7. The first-order valence-electron chi connectivity index (χ1n) is 10.0. The van der Waals surface area contributed by atoms with Gasteiger partial charge in [-0.05, 0) is 29.8 Å². The van der Waals surface area contributed by atoms with Gasteiger partial charge in [-0.3, -0.25) is 0 Å². The number of nitrogen functional groups attached to an aromatic ring is 2. The molecule has 7 heteroatoms. The van der Waals surface area contributed by atoms with Gasteiger partial charge < -0.3 is 21.2 Å². The van der Waals surface area contributed by atoms with Gasteiger partial charge in [0.25, 0.3) is 0 Å². The smallest absolute Gasteiger partial charge is 0.227 e. The molecule has 0 saturated heterocycles. The van der Waals surface area contributed by atoms with Crippen LogP contribution < -0.4 is 16.2 Å². The van der Waals surface area contributed by atoms with Gasteiger partial charge in [0, 0.05) is 22.4 Å². The summed E-state index contributed by atoms with van der Waals surface area (Å²) < 4.78 is 20.5. The number of pyridine rings is 1. The van der Waals surface area contributed by atoms with Gasteiger partial charge in [0.2, 0.25) is 5.88 Å². The highest BCUT2D eigenvalue weighted by molar-refractivity contribution is 6.11. The average molecular weight is 421 g/mol. The third-order valence-electron chi connectivity index (χ3n) is 6.01. The fourth-order valence-electron chi connectivity index (χ4n) is 4.64. The lowest BCUT2D eigenvalue weighted by Crippen LogP contribution is -2.17. The Kier molecular flexibility index (Phi) is 3.68. The van der Waals surface area contributed by atoms with Crippen LogP contribution in [0.15, 0.2) is 60.7 Å². The summed E-state index contributed by atoms with van der Waals surface area (Å²) in [6.07, 6.45) is 0. The lowest BCUT2D eigenvalue weighted by Gasteiger charge is -2.30. The number of aromatic amines is 1. The second kappa shape index (κ2) is 6.46. The molecule has 2 aromatic heterocycles. The minimum absolute atomic E-state index is 0.00343. The van der Waals surface area contributed by atoms with Crippen LogP contribution in [0.2, 0.25) is 0 Å². The second-order valence-corrected chi connectivity index (χ2v) is 7.78. The maximum absolute atomic E-state index is 14.2. The molecule has 3 aromatic carbocycles. The monoisotopic (exact) mass is 421 g/mol. The van der Waals surface area contributed by atoms with Crippen molar-refractivity contribution in [1.29, 1.82) is 5.26 Å². The van der Waals surface area contributed by atoms with Crippen molar-refractivity contribution in [2.45, 2.75) is 5.92 Å². The Labute approximate surface area is 181 Å². The molecule has 32 heavy (non-hydrogen) atoms. The van der Waals surface area contributed by atoms with Crippen molar-refractivity contribution in [3.63, 3.8) is 0 Å². The van der Waals surface area contributed by atoms with E-state index in [-0.39, 0.29) is 28.8 Å². The second-order valence-electron chi connectivity index (χ2n) is 7.78. The van der Waals surface area contributed by atoms with E-state index in [1.165, 1.54) is 12.1 Å². The summed E-state index contributed by atoms with van der Waals surface area (Å²) >= 11 is 0. The van der Waals surface area contributed by atoms with Crippen LogP contribution in [0.5, 0.6) is 11.6 Å². The summed E-state index contributed by atoms with van der Waals surface area (Å²) in [7, 11) is 0. The van der Waals surface area contributed by atoms with Gasteiger partial charge in [0.1, 0.15) is 29.0 Å². The number of ether oxygens (including phenoxy) is 1. The van der Waals surface area contributed by atoms with Crippen molar-refractivity contribution in [2.75, 3.05) is 11.5 Å². The molecule has 1 aliphatic rings. The van der Waals surface area contributed by atoms with E-state index in [9.17, 15) is 9.65 Å². The SMILES string of the molecule is N#Cc1c(N)nc2c(c1N)C(c1cccc(F)c1)c1ccc3[nH]c4ccccc4c3c1O2. The highest BCUT2D eigenvalue weighted by atomic mass is 19.1. The van der Waals surface area contributed by atoms with Crippen LogP contribution in [-0.4, -0.2) is 9.97 Å². The first kappa shape index (κ1) is 18.2. The van der Waals surface area contributed by atoms with Gasteiger partial charge in [0.15, 0.2) is 0 Å². The van der Waals surface area contributed by atoms with Crippen molar-refractivity contribution in [1.82, 2.24) is 9.97 Å². The predicted octanol–water partition coefficient (Wildman–Crippen LogP) is 5.18. The number of anilines is 2. The minimum Gasteiger partial charge on any atom is -0.437 e. The van der Waals surface area contributed by atoms with Gasteiger partial charge in [0.05, 0.1) is 22.2 Å². The molecule has 5 N–H and O–H groups in total. The maximum Gasteiger partial charge on any atom is 0.227 e. The van der Waals surface area contributed by atoms with Gasteiger partial charge in [-0.1, -0.05) is 36.4 Å². The maximum atomic E-state index is 14.2. The third-order valence-corrected chi connectivity index (χ3v) is 6.01. The average Bonchev–Trinajstić information content (AvgIpc) is 3.17. The number of benzene rings is 3. The van der Waals surface area contributed by atoms with E-state index in [0.29, 0.717) is 16.9 Å². The number of halogens is 1. The molecule has 0 amide bonds. The van der Waals surface area contributed by atoms with E-state index < -0.39 is 5.92 Å². The number of hydrogen-bond donors (Lipinski definition) is 3. The van der Waals surface area contributed by atoms with Crippen molar-refractivity contribution >= 4 is 33.3 Å². The number of nitrogens with one attached hydrogen (secondary N) is 1. The van der Waals surface area contributed by atoms with Crippen molar-refractivity contribution in [3.05, 3.63) is 88.7 Å². The molecule has 1 aliphatic heterocycles. The van der Waals surface area contributed by atoms with Crippen LogP contribution in [0.3, 0.4) is 0 Å². The van der Waals surface area contributed by atoms with E-state index in [1.54, 1.807) is 6.07 Å². The zero-order chi connectivity index (χ0) is 22.0. The van der Waals surface area contributed by atoms with Crippen molar-refractivity contribution in [2.24, 2.45) is 0 Å². The molecule has 0 aliphatic carbocycles. The predicted molar refractivity (Wildman–Crippen MR) is 121 cm³/mol. The third kappa shape index (κ3) is 2.41. The molecule has 3 heterocycles. The Balaban J connectivity index is 1.74. The number of aromatic nitrogens is 2. The number of nitrogens with zero attached hydrogens (tertiary/aromatic N) is 2. The summed E-state index contributed by atoms with van der Waals surface area (Å²) in [6, 6.07) is 20.2. The highest BCUT2D eigenvalue weighted by Gasteiger charge is 2.35. The Morgan fingerprint density at radius 1 is 1.03 bits per heavy atom. The number of nitrogens with two attached hydrogens (primary N) is 2. The standard InChI is InChI=1S/C25H16FN5O/c26-13-5-3-4-12(10-13)19-15-8-9-18-20(14-6-1-2-7-17(14)30-18)23(15)32-25-21(19)22(28)16(11-27)24(29)31-25/h1-10,19,30H,(H4,28,29,31). The van der Waals surface area contributed by atoms with E-state index in [1.807, 2.05) is 48.5 Å². The van der Waals surface area contributed by atoms with Crippen LogP contribution in [0.1, 0.15) is 28.2 Å². The quantitative estimate of drug-likeness (QED) is 0.339. The number of rotatable bonds is 1. The first-order chi connectivity index (χ1) is 15.6. The molecular formula is C25H16FN5O. The molecule has 0 saturated carbocycles. The molecule has 154 valence electrons. The molecule has 0 radical (unpaired) electrons. The largest absolute Gasteiger partial charge is 0.437 e. The number of H-pyrrole nitrogens is 1. The topological polar surface area (TPSA) is 114 Å². The van der Waals surface area contributed by atoms with Gasteiger partial charge in [-0.2, -0.15) is 10.2 Å². The van der Waals surface area contributed by atoms with E-state index in [2.05, 4.69) is 9.97 Å². The van der Waals surface area contributed by atoms with Gasteiger partial charge in [-0.15, -0.1) is 0 Å². The van der Waals surface area contributed by atoms with Crippen molar-refractivity contribution in [3.8, 4) is 17.7 Å². The lowest BCUT2D eigenvalue weighted by molar-refractivity contribution is 0.440. The van der Waals surface area contributed by atoms with E-state index in [4.69, 9.17) is 16.2 Å². The Bertz CT molecular complexity index is 1620. The fraction of sp³-hybridized carbons (Fsp3) is 0.0400. The van der Waals surface area contributed by atoms with Gasteiger partial charge in [-0.25, -0.2) is 4.39 Å². The summed E-state index contributed by atoms with van der Waals surface area (Å²) in [5, 5.41) is 11.5. The minimum atomic E-state index is -0.484. The lowest BCUT2D eigenvalue weighted by atomic mass is 9.81. The molecule has 0 spiro atoms. The van der Waals surface area contributed by atoms with E-state index >= 15 is 0 Å². The van der Waals surface area contributed by atoms with Crippen LogP contribution in [0.4, 0.5) is 15.9 Å². The number of para-hydroxylation sites is 1.